The molecule has 2 aliphatic rings. The molecule has 0 radical (unpaired) electrons. The zero-order valence-electron chi connectivity index (χ0n) is 15.4. The molecule has 2 aromatic carbocycles. The predicted octanol–water partition coefficient (Wildman–Crippen LogP) is 2.77. The molecule has 3 aromatic rings. The molecule has 0 bridgehead atoms. The van der Waals surface area contributed by atoms with Gasteiger partial charge in [0.15, 0.2) is 5.76 Å². The number of carbonyl (C=O) groups is 3. The Labute approximate surface area is 166 Å². The number of imide groups is 1. The van der Waals surface area contributed by atoms with Crippen molar-refractivity contribution in [2.24, 2.45) is 0 Å². The number of piperidine rings is 1. The van der Waals surface area contributed by atoms with E-state index in [2.05, 4.69) is 10.5 Å². The Bertz CT molecular complexity index is 1140. The summed E-state index contributed by atoms with van der Waals surface area (Å²) in [4.78, 5) is 37.9. The Morgan fingerprint density at radius 3 is 2.62 bits per heavy atom. The predicted molar refractivity (Wildman–Crippen MR) is 103 cm³/mol. The summed E-state index contributed by atoms with van der Waals surface area (Å²) in [6, 6.07) is 16.5. The number of hydrogen-bond acceptors (Lipinski definition) is 5. The minimum Gasteiger partial charge on any atom is -0.356 e. The highest BCUT2D eigenvalue weighted by Gasteiger charge is 2.39. The summed E-state index contributed by atoms with van der Waals surface area (Å²) in [5.74, 6) is -0.287. The van der Waals surface area contributed by atoms with E-state index in [0.717, 1.165) is 22.4 Å². The van der Waals surface area contributed by atoms with E-state index in [1.54, 1.807) is 6.07 Å². The average Bonchev–Trinajstić information content (AvgIpc) is 3.34. The first kappa shape index (κ1) is 17.4. The van der Waals surface area contributed by atoms with Crippen LogP contribution < -0.4 is 5.32 Å². The van der Waals surface area contributed by atoms with Gasteiger partial charge in [-0.1, -0.05) is 41.6 Å². The Kier molecular flexibility index (Phi) is 4.01. The molecular weight excluding hydrogens is 370 g/mol. The van der Waals surface area contributed by atoms with Crippen molar-refractivity contribution in [2.75, 3.05) is 0 Å². The molecule has 7 nitrogen and oxygen atoms in total. The molecule has 1 N–H and O–H groups in total. The van der Waals surface area contributed by atoms with Crippen molar-refractivity contribution in [3.05, 3.63) is 65.7 Å². The maximum Gasteiger partial charge on any atom is 0.255 e. The van der Waals surface area contributed by atoms with Crippen molar-refractivity contribution in [1.82, 2.24) is 15.4 Å². The fourth-order valence-corrected chi connectivity index (χ4v) is 3.88. The number of carbonyl (C=O) groups excluding carboxylic acids is 3. The highest BCUT2D eigenvalue weighted by Crippen LogP contribution is 2.32. The molecule has 1 aromatic heterocycles. The Morgan fingerprint density at radius 1 is 1.00 bits per heavy atom. The molecule has 0 aliphatic carbocycles. The van der Waals surface area contributed by atoms with Gasteiger partial charge in [0.1, 0.15) is 11.7 Å². The van der Waals surface area contributed by atoms with E-state index in [4.69, 9.17) is 4.52 Å². The smallest absolute Gasteiger partial charge is 0.255 e. The molecule has 3 heterocycles. The van der Waals surface area contributed by atoms with E-state index in [1.165, 1.54) is 4.90 Å². The van der Waals surface area contributed by atoms with Gasteiger partial charge in [-0.3, -0.25) is 19.7 Å². The number of nitrogens with one attached hydrogen (secondary N) is 1. The van der Waals surface area contributed by atoms with E-state index in [9.17, 15) is 14.4 Å². The first-order valence-corrected chi connectivity index (χ1v) is 9.40. The lowest BCUT2D eigenvalue weighted by Crippen LogP contribution is -2.52. The van der Waals surface area contributed by atoms with Crippen LogP contribution in [0.25, 0.3) is 22.6 Å². The van der Waals surface area contributed by atoms with Gasteiger partial charge in [-0.15, -0.1) is 0 Å². The molecule has 0 saturated carbocycles. The van der Waals surface area contributed by atoms with E-state index < -0.39 is 11.9 Å². The van der Waals surface area contributed by atoms with Crippen LogP contribution in [0.2, 0.25) is 0 Å². The average molecular weight is 387 g/mol. The summed E-state index contributed by atoms with van der Waals surface area (Å²) in [5.41, 5.74) is 3.91. The SMILES string of the molecule is O=C1CCC(N2Cc3cc(-c4cc(-c5ccccc5)no4)ccc3C2=O)C(=O)N1. The van der Waals surface area contributed by atoms with Crippen molar-refractivity contribution >= 4 is 17.7 Å². The molecule has 7 heteroatoms. The summed E-state index contributed by atoms with van der Waals surface area (Å²) >= 11 is 0. The quantitative estimate of drug-likeness (QED) is 0.698. The van der Waals surface area contributed by atoms with Crippen LogP contribution in [0.1, 0.15) is 28.8 Å². The van der Waals surface area contributed by atoms with Crippen molar-refractivity contribution in [3.63, 3.8) is 0 Å². The highest BCUT2D eigenvalue weighted by atomic mass is 16.5. The van der Waals surface area contributed by atoms with Gasteiger partial charge >= 0.3 is 0 Å². The van der Waals surface area contributed by atoms with Crippen LogP contribution in [0.4, 0.5) is 0 Å². The van der Waals surface area contributed by atoms with Crippen LogP contribution in [0.3, 0.4) is 0 Å². The monoisotopic (exact) mass is 387 g/mol. The van der Waals surface area contributed by atoms with Gasteiger partial charge < -0.3 is 9.42 Å². The lowest BCUT2D eigenvalue weighted by Gasteiger charge is -2.29. The number of fused-ring (bicyclic) bond motifs is 1. The molecule has 1 saturated heterocycles. The van der Waals surface area contributed by atoms with Crippen LogP contribution >= 0.6 is 0 Å². The summed E-state index contributed by atoms with van der Waals surface area (Å²) in [5, 5.41) is 6.45. The highest BCUT2D eigenvalue weighted by molar-refractivity contribution is 6.05. The standard InChI is InChI=1S/C22H17N3O4/c26-20-9-8-18(21(27)23-20)25-12-15-10-14(6-7-16(15)22(25)28)19-11-17(24-29-19)13-4-2-1-3-5-13/h1-7,10-11,18H,8-9,12H2,(H,23,26,27). The van der Waals surface area contributed by atoms with Crippen LogP contribution in [0, 0.1) is 0 Å². The normalized spacial score (nSPS) is 18.7. The minimum absolute atomic E-state index is 0.191. The first-order valence-electron chi connectivity index (χ1n) is 9.40. The molecule has 144 valence electrons. The van der Waals surface area contributed by atoms with Gasteiger partial charge in [0.2, 0.25) is 11.8 Å². The first-order chi connectivity index (χ1) is 14.1. The largest absolute Gasteiger partial charge is 0.356 e. The van der Waals surface area contributed by atoms with Crippen LogP contribution in [0.5, 0.6) is 0 Å². The van der Waals surface area contributed by atoms with Crippen LogP contribution in [-0.2, 0) is 16.1 Å². The topological polar surface area (TPSA) is 92.5 Å². The number of nitrogens with zero attached hydrogens (tertiary/aromatic N) is 2. The molecule has 29 heavy (non-hydrogen) atoms. The van der Waals surface area contributed by atoms with Crippen molar-refractivity contribution < 1.29 is 18.9 Å². The lowest BCUT2D eigenvalue weighted by molar-refractivity contribution is -0.136. The third-order valence-electron chi connectivity index (χ3n) is 5.39. The maximum atomic E-state index is 12.8. The van der Waals surface area contributed by atoms with Gasteiger partial charge in [0, 0.05) is 35.7 Å². The fraction of sp³-hybridized carbons (Fsp3) is 0.182. The molecule has 1 atom stereocenters. The molecule has 3 amide bonds. The fourth-order valence-electron chi connectivity index (χ4n) is 3.88. The molecule has 1 unspecified atom stereocenters. The second-order valence-corrected chi connectivity index (χ2v) is 7.21. The number of hydrogen-bond donors (Lipinski definition) is 1. The lowest BCUT2D eigenvalue weighted by atomic mass is 10.0. The second kappa shape index (κ2) is 6.70. The van der Waals surface area contributed by atoms with Crippen LogP contribution in [0.15, 0.2) is 59.1 Å². The zero-order chi connectivity index (χ0) is 20.0. The van der Waals surface area contributed by atoms with Gasteiger partial charge in [-0.25, -0.2) is 0 Å². The Morgan fingerprint density at radius 2 is 1.83 bits per heavy atom. The number of benzene rings is 2. The van der Waals surface area contributed by atoms with Crippen molar-refractivity contribution in [3.8, 4) is 22.6 Å². The van der Waals surface area contributed by atoms with Crippen molar-refractivity contribution in [2.45, 2.75) is 25.4 Å². The number of aromatic nitrogens is 1. The van der Waals surface area contributed by atoms with E-state index in [0.29, 0.717) is 24.3 Å². The molecule has 0 spiro atoms. The second-order valence-electron chi connectivity index (χ2n) is 7.21. The van der Waals surface area contributed by atoms with Gasteiger partial charge in [-0.2, -0.15) is 0 Å². The van der Waals surface area contributed by atoms with Gasteiger partial charge in [0.25, 0.3) is 5.91 Å². The zero-order valence-corrected chi connectivity index (χ0v) is 15.4. The third kappa shape index (κ3) is 3.00. The summed E-state index contributed by atoms with van der Waals surface area (Å²) < 4.78 is 5.51. The van der Waals surface area contributed by atoms with E-state index in [-0.39, 0.29) is 18.2 Å². The summed E-state index contributed by atoms with van der Waals surface area (Å²) in [6.07, 6.45) is 0.585. The van der Waals surface area contributed by atoms with Crippen LogP contribution in [-0.4, -0.2) is 33.8 Å². The number of rotatable bonds is 3. The molecular formula is C22H17N3O4. The summed E-state index contributed by atoms with van der Waals surface area (Å²) in [7, 11) is 0. The maximum absolute atomic E-state index is 12.8. The van der Waals surface area contributed by atoms with E-state index in [1.807, 2.05) is 48.5 Å². The minimum atomic E-state index is -0.619. The Balaban J connectivity index is 1.41. The molecule has 2 aliphatic heterocycles. The van der Waals surface area contributed by atoms with E-state index >= 15 is 0 Å². The molecule has 1 fully saturated rings. The van der Waals surface area contributed by atoms with Crippen molar-refractivity contribution in [1.29, 1.82) is 0 Å². The van der Waals surface area contributed by atoms with Gasteiger partial charge in [-0.05, 0) is 24.1 Å². The third-order valence-corrected chi connectivity index (χ3v) is 5.39. The van der Waals surface area contributed by atoms with Gasteiger partial charge in [0.05, 0.1) is 0 Å². The summed E-state index contributed by atoms with van der Waals surface area (Å²) in [6.45, 7) is 0.327. The molecule has 5 rings (SSSR count). The Hall–Kier alpha value is -3.74. The number of amides is 3.